The van der Waals surface area contributed by atoms with Crippen molar-refractivity contribution in [2.75, 3.05) is 0 Å². The number of benzene rings is 1. The van der Waals surface area contributed by atoms with Gasteiger partial charge in [-0.2, -0.15) is 0 Å². The Hall–Kier alpha value is -0.980. The van der Waals surface area contributed by atoms with Gasteiger partial charge in [0.25, 0.3) is 0 Å². The molecule has 0 spiro atoms. The molecule has 0 aliphatic rings. The van der Waals surface area contributed by atoms with E-state index in [1.54, 1.807) is 23.5 Å². The Balaban J connectivity index is 2.28. The second-order valence-electron chi connectivity index (χ2n) is 4.16. The molecule has 3 nitrogen and oxygen atoms in total. The third-order valence-electron chi connectivity index (χ3n) is 2.76. The van der Waals surface area contributed by atoms with Crippen molar-refractivity contribution in [2.45, 2.75) is 24.0 Å². The van der Waals surface area contributed by atoms with Crippen molar-refractivity contribution in [3.8, 4) is 0 Å². The highest BCUT2D eigenvalue weighted by molar-refractivity contribution is 9.10. The zero-order valence-corrected chi connectivity index (χ0v) is 14.0. The summed E-state index contributed by atoms with van der Waals surface area (Å²) in [5.74, 6) is -0.706. The van der Waals surface area contributed by atoms with Gasteiger partial charge in [0.05, 0.1) is 27.0 Å². The molecule has 0 fully saturated rings. The van der Waals surface area contributed by atoms with Crippen LogP contribution in [0.4, 0.5) is 0 Å². The lowest BCUT2D eigenvalue weighted by Gasteiger charge is -2.06. The lowest BCUT2D eigenvalue weighted by atomic mass is 10.2. The van der Waals surface area contributed by atoms with Crippen LogP contribution in [0.1, 0.15) is 27.0 Å². The molecular formula is C14H13BrO3S2. The van der Waals surface area contributed by atoms with Crippen LogP contribution >= 0.6 is 27.3 Å². The van der Waals surface area contributed by atoms with E-state index in [2.05, 4.69) is 22.9 Å². The minimum Gasteiger partial charge on any atom is -0.478 e. The average Bonchev–Trinajstić information content (AvgIpc) is 2.85. The molecule has 2 rings (SSSR count). The van der Waals surface area contributed by atoms with Crippen LogP contribution in [-0.4, -0.2) is 15.3 Å². The minimum atomic E-state index is -1.37. The van der Waals surface area contributed by atoms with E-state index in [1.165, 1.54) is 10.9 Å². The number of halogens is 1. The first-order valence-corrected chi connectivity index (χ1v) is 8.93. The number of carboxylic acids is 1. The van der Waals surface area contributed by atoms with Crippen molar-refractivity contribution in [1.29, 1.82) is 0 Å². The number of aryl methyl sites for hydroxylation is 1. The van der Waals surface area contributed by atoms with E-state index in [-0.39, 0.29) is 5.56 Å². The molecule has 0 aliphatic heterocycles. The molecule has 1 N–H and O–H groups in total. The number of thiophene rings is 1. The third kappa shape index (κ3) is 3.56. The summed E-state index contributed by atoms with van der Waals surface area (Å²) in [7, 11) is -1.37. The Morgan fingerprint density at radius 3 is 2.60 bits per heavy atom. The summed E-state index contributed by atoms with van der Waals surface area (Å²) in [6.07, 6.45) is 0.953. The molecule has 0 amide bonds. The van der Waals surface area contributed by atoms with E-state index in [4.69, 9.17) is 5.11 Å². The Morgan fingerprint density at radius 1 is 1.30 bits per heavy atom. The van der Waals surface area contributed by atoms with E-state index in [9.17, 15) is 9.00 Å². The van der Waals surface area contributed by atoms with Crippen LogP contribution in [-0.2, 0) is 23.0 Å². The summed E-state index contributed by atoms with van der Waals surface area (Å²) < 4.78 is 13.2. The van der Waals surface area contributed by atoms with Crippen molar-refractivity contribution >= 4 is 44.0 Å². The van der Waals surface area contributed by atoms with Gasteiger partial charge in [0, 0.05) is 14.2 Å². The highest BCUT2D eigenvalue weighted by Crippen LogP contribution is 2.25. The highest BCUT2D eigenvalue weighted by atomic mass is 79.9. The molecule has 1 unspecified atom stereocenters. The van der Waals surface area contributed by atoms with Crippen molar-refractivity contribution in [1.82, 2.24) is 0 Å². The number of hydrogen-bond donors (Lipinski definition) is 1. The number of hydrogen-bond acceptors (Lipinski definition) is 3. The first-order valence-electron chi connectivity index (χ1n) is 6.00. The molecule has 0 radical (unpaired) electrons. The van der Waals surface area contributed by atoms with Crippen LogP contribution in [0.5, 0.6) is 0 Å². The van der Waals surface area contributed by atoms with Crippen LogP contribution in [0.15, 0.2) is 39.7 Å². The van der Waals surface area contributed by atoms with E-state index in [0.29, 0.717) is 10.6 Å². The predicted octanol–water partition coefficient (Wildman–Crippen LogP) is 4.08. The molecule has 0 aliphatic carbocycles. The van der Waals surface area contributed by atoms with Crippen LogP contribution < -0.4 is 0 Å². The molecule has 0 bridgehead atoms. The second kappa shape index (κ2) is 6.65. The third-order valence-corrected chi connectivity index (χ3v) is 6.07. The smallest absolute Gasteiger partial charge is 0.336 e. The van der Waals surface area contributed by atoms with Crippen LogP contribution in [0.3, 0.4) is 0 Å². The Kier molecular flexibility index (Phi) is 5.12. The van der Waals surface area contributed by atoms with Gasteiger partial charge >= 0.3 is 5.97 Å². The molecule has 106 valence electrons. The number of carboxylic acid groups (broad SMARTS) is 1. The summed E-state index contributed by atoms with van der Waals surface area (Å²) in [6.45, 7) is 2.07. The van der Waals surface area contributed by atoms with Gasteiger partial charge in [-0.3, -0.25) is 4.21 Å². The normalized spacial score (nSPS) is 12.3. The molecule has 1 aromatic carbocycles. The van der Waals surface area contributed by atoms with Gasteiger partial charge in [-0.05, 0) is 36.8 Å². The van der Waals surface area contributed by atoms with E-state index in [0.717, 1.165) is 15.8 Å². The lowest BCUT2D eigenvalue weighted by molar-refractivity contribution is 0.0693. The standard InChI is InChI=1S/C14H13BrO3S2/c1-2-10-4-5-11(19-10)8-20(18)13-7-9(15)3-6-12(13)14(16)17/h3-7H,2,8H2,1H3,(H,16,17). The van der Waals surface area contributed by atoms with Crippen LogP contribution in [0.25, 0.3) is 0 Å². The van der Waals surface area contributed by atoms with Crippen LogP contribution in [0, 0.1) is 0 Å². The first kappa shape index (κ1) is 15.4. The lowest BCUT2D eigenvalue weighted by Crippen LogP contribution is -2.05. The molecule has 20 heavy (non-hydrogen) atoms. The summed E-state index contributed by atoms with van der Waals surface area (Å²) in [6, 6.07) is 8.72. The highest BCUT2D eigenvalue weighted by Gasteiger charge is 2.16. The predicted molar refractivity (Wildman–Crippen MR) is 84.9 cm³/mol. The molecule has 1 heterocycles. The topological polar surface area (TPSA) is 54.4 Å². The van der Waals surface area contributed by atoms with E-state index < -0.39 is 16.8 Å². The van der Waals surface area contributed by atoms with Crippen molar-refractivity contribution in [3.63, 3.8) is 0 Å². The molecule has 2 aromatic rings. The van der Waals surface area contributed by atoms with Gasteiger partial charge in [0.1, 0.15) is 0 Å². The van der Waals surface area contributed by atoms with Crippen molar-refractivity contribution in [3.05, 3.63) is 50.1 Å². The SMILES string of the molecule is CCc1ccc(CS(=O)c2cc(Br)ccc2C(=O)O)s1. The monoisotopic (exact) mass is 372 g/mol. The summed E-state index contributed by atoms with van der Waals surface area (Å²) in [5, 5.41) is 9.17. The zero-order chi connectivity index (χ0) is 14.7. The number of aromatic carboxylic acids is 1. The quantitative estimate of drug-likeness (QED) is 0.859. The van der Waals surface area contributed by atoms with Gasteiger partial charge in [-0.25, -0.2) is 4.79 Å². The van der Waals surface area contributed by atoms with E-state index >= 15 is 0 Å². The average molecular weight is 373 g/mol. The van der Waals surface area contributed by atoms with Crippen molar-refractivity contribution < 1.29 is 14.1 Å². The summed E-state index contributed by atoms with van der Waals surface area (Å²) in [4.78, 5) is 13.8. The fraction of sp³-hybridized carbons (Fsp3) is 0.214. The van der Waals surface area contributed by atoms with Crippen molar-refractivity contribution in [2.24, 2.45) is 0 Å². The van der Waals surface area contributed by atoms with Gasteiger partial charge in [0.15, 0.2) is 0 Å². The van der Waals surface area contributed by atoms with Gasteiger partial charge in [-0.1, -0.05) is 22.9 Å². The molecule has 1 atom stereocenters. The minimum absolute atomic E-state index is 0.0961. The van der Waals surface area contributed by atoms with Gasteiger partial charge in [0.2, 0.25) is 0 Å². The largest absolute Gasteiger partial charge is 0.478 e. The summed E-state index contributed by atoms with van der Waals surface area (Å²) in [5.41, 5.74) is 0.0961. The maximum atomic E-state index is 12.4. The molecular weight excluding hydrogens is 360 g/mol. The Labute approximate surface area is 132 Å². The van der Waals surface area contributed by atoms with Gasteiger partial charge < -0.3 is 5.11 Å². The number of carbonyl (C=O) groups is 1. The molecule has 0 saturated carbocycles. The maximum absolute atomic E-state index is 12.4. The first-order chi connectivity index (χ1) is 9.51. The zero-order valence-electron chi connectivity index (χ0n) is 10.8. The Morgan fingerprint density at radius 2 is 2.00 bits per heavy atom. The number of rotatable bonds is 5. The second-order valence-corrected chi connectivity index (χ2v) is 7.75. The van der Waals surface area contributed by atoms with Crippen LogP contribution in [0.2, 0.25) is 0 Å². The fourth-order valence-corrected chi connectivity index (χ4v) is 4.75. The molecule has 6 heteroatoms. The molecule has 0 saturated heterocycles. The molecule has 1 aromatic heterocycles. The van der Waals surface area contributed by atoms with Gasteiger partial charge in [-0.15, -0.1) is 11.3 Å². The van der Waals surface area contributed by atoms with E-state index in [1.807, 2.05) is 12.1 Å². The summed E-state index contributed by atoms with van der Waals surface area (Å²) >= 11 is 4.91. The maximum Gasteiger partial charge on any atom is 0.336 e. The Bertz CT molecular complexity index is 664. The fourth-order valence-electron chi connectivity index (χ4n) is 1.76.